The SMILES string of the molecule is COc1cc(C(C)NC(=O)C2(N3CCCC3)CCCC2)cc(OC)c1OC. The van der Waals surface area contributed by atoms with Crippen molar-refractivity contribution in [2.75, 3.05) is 34.4 Å². The fourth-order valence-electron chi connectivity index (χ4n) is 4.56. The molecule has 0 spiro atoms. The average molecular weight is 376 g/mol. The Morgan fingerprint density at radius 1 is 1.00 bits per heavy atom. The smallest absolute Gasteiger partial charge is 0.240 e. The lowest BCUT2D eigenvalue weighted by atomic mass is 9.93. The molecule has 1 heterocycles. The van der Waals surface area contributed by atoms with Crippen molar-refractivity contribution in [1.29, 1.82) is 0 Å². The molecule has 1 aromatic carbocycles. The molecule has 0 bridgehead atoms. The number of carbonyl (C=O) groups is 1. The molecule has 1 saturated heterocycles. The topological polar surface area (TPSA) is 60.0 Å². The third kappa shape index (κ3) is 3.72. The van der Waals surface area contributed by atoms with E-state index in [9.17, 15) is 4.79 Å². The van der Waals surface area contributed by atoms with Gasteiger partial charge in [-0.3, -0.25) is 9.69 Å². The molecule has 6 nitrogen and oxygen atoms in total. The van der Waals surface area contributed by atoms with Gasteiger partial charge in [0.1, 0.15) is 5.54 Å². The van der Waals surface area contributed by atoms with Gasteiger partial charge in [-0.15, -0.1) is 0 Å². The van der Waals surface area contributed by atoms with Crippen molar-refractivity contribution in [3.05, 3.63) is 17.7 Å². The number of nitrogens with zero attached hydrogens (tertiary/aromatic N) is 1. The molecule has 1 N–H and O–H groups in total. The monoisotopic (exact) mass is 376 g/mol. The molecule has 1 aliphatic heterocycles. The number of likely N-dealkylation sites (tertiary alicyclic amines) is 1. The molecule has 27 heavy (non-hydrogen) atoms. The van der Waals surface area contributed by atoms with Crippen LogP contribution < -0.4 is 19.5 Å². The minimum absolute atomic E-state index is 0.147. The predicted molar refractivity (Wildman–Crippen MR) is 105 cm³/mol. The Balaban J connectivity index is 1.81. The largest absolute Gasteiger partial charge is 0.493 e. The Hall–Kier alpha value is -1.95. The lowest BCUT2D eigenvalue weighted by molar-refractivity contribution is -0.133. The number of carbonyl (C=O) groups excluding carboxylic acids is 1. The number of nitrogens with one attached hydrogen (secondary N) is 1. The summed E-state index contributed by atoms with van der Waals surface area (Å²) in [6.45, 7) is 4.07. The van der Waals surface area contributed by atoms with E-state index in [4.69, 9.17) is 14.2 Å². The van der Waals surface area contributed by atoms with Crippen LogP contribution in [0.15, 0.2) is 12.1 Å². The molecule has 1 saturated carbocycles. The fourth-order valence-corrected chi connectivity index (χ4v) is 4.56. The zero-order valence-corrected chi connectivity index (χ0v) is 17.0. The molecule has 2 aliphatic rings. The first kappa shape index (κ1) is 19.8. The van der Waals surface area contributed by atoms with Gasteiger partial charge in [-0.1, -0.05) is 12.8 Å². The molecule has 2 fully saturated rings. The second-order valence-corrected chi connectivity index (χ2v) is 7.59. The third-order valence-corrected chi connectivity index (χ3v) is 6.10. The maximum atomic E-state index is 13.3. The lowest BCUT2D eigenvalue weighted by Crippen LogP contribution is -2.56. The first-order valence-corrected chi connectivity index (χ1v) is 9.91. The molecule has 0 aromatic heterocycles. The van der Waals surface area contributed by atoms with Crippen molar-refractivity contribution in [2.24, 2.45) is 0 Å². The van der Waals surface area contributed by atoms with E-state index in [-0.39, 0.29) is 17.5 Å². The lowest BCUT2D eigenvalue weighted by Gasteiger charge is -2.38. The number of hydrogen-bond acceptors (Lipinski definition) is 5. The van der Waals surface area contributed by atoms with E-state index in [1.807, 2.05) is 19.1 Å². The van der Waals surface area contributed by atoms with E-state index >= 15 is 0 Å². The van der Waals surface area contributed by atoms with Gasteiger partial charge in [0, 0.05) is 0 Å². The molecular formula is C21H32N2O4. The summed E-state index contributed by atoms with van der Waals surface area (Å²) in [6.07, 6.45) is 6.56. The first-order chi connectivity index (χ1) is 13.1. The molecule has 0 radical (unpaired) electrons. The van der Waals surface area contributed by atoms with Crippen LogP contribution in [0.3, 0.4) is 0 Å². The van der Waals surface area contributed by atoms with Crippen LogP contribution in [0.5, 0.6) is 17.2 Å². The number of rotatable bonds is 7. The minimum atomic E-state index is -0.328. The van der Waals surface area contributed by atoms with Gasteiger partial charge in [0.15, 0.2) is 11.5 Å². The highest BCUT2D eigenvalue weighted by Gasteiger charge is 2.47. The maximum absolute atomic E-state index is 13.3. The van der Waals surface area contributed by atoms with Crippen LogP contribution in [-0.4, -0.2) is 50.8 Å². The van der Waals surface area contributed by atoms with Gasteiger partial charge >= 0.3 is 0 Å². The van der Waals surface area contributed by atoms with E-state index in [0.717, 1.165) is 44.3 Å². The number of methoxy groups -OCH3 is 3. The second-order valence-electron chi connectivity index (χ2n) is 7.59. The maximum Gasteiger partial charge on any atom is 0.240 e. The molecule has 1 aromatic rings. The molecular weight excluding hydrogens is 344 g/mol. The standard InChI is InChI=1S/C21H32N2O4/c1-15(16-13-17(25-2)19(27-4)18(14-16)26-3)22-20(24)21(9-5-6-10-21)23-11-7-8-12-23/h13-15H,5-12H2,1-4H3,(H,22,24). The Kier molecular flexibility index (Phi) is 6.15. The first-order valence-electron chi connectivity index (χ1n) is 9.91. The van der Waals surface area contributed by atoms with Crippen LogP contribution >= 0.6 is 0 Å². The highest BCUT2D eigenvalue weighted by molar-refractivity contribution is 5.87. The Morgan fingerprint density at radius 2 is 1.56 bits per heavy atom. The number of amides is 1. The van der Waals surface area contributed by atoms with Crippen molar-refractivity contribution in [3.8, 4) is 17.2 Å². The van der Waals surface area contributed by atoms with Crippen molar-refractivity contribution >= 4 is 5.91 Å². The molecule has 1 aliphatic carbocycles. The summed E-state index contributed by atoms with van der Waals surface area (Å²) in [4.78, 5) is 15.7. The summed E-state index contributed by atoms with van der Waals surface area (Å²) in [5.41, 5.74) is 0.609. The summed E-state index contributed by atoms with van der Waals surface area (Å²) < 4.78 is 16.3. The number of benzene rings is 1. The summed E-state index contributed by atoms with van der Waals surface area (Å²) in [6, 6.07) is 3.67. The normalized spacial score (nSPS) is 20.3. The summed E-state index contributed by atoms with van der Waals surface area (Å²) >= 11 is 0. The highest BCUT2D eigenvalue weighted by Crippen LogP contribution is 2.41. The van der Waals surface area contributed by atoms with E-state index in [1.54, 1.807) is 21.3 Å². The van der Waals surface area contributed by atoms with Gasteiger partial charge < -0.3 is 19.5 Å². The van der Waals surface area contributed by atoms with Crippen LogP contribution in [0.1, 0.15) is 57.1 Å². The van der Waals surface area contributed by atoms with Crippen molar-refractivity contribution < 1.29 is 19.0 Å². The zero-order chi connectivity index (χ0) is 19.4. The minimum Gasteiger partial charge on any atom is -0.493 e. The fraction of sp³-hybridized carbons (Fsp3) is 0.667. The number of hydrogen-bond donors (Lipinski definition) is 1. The van der Waals surface area contributed by atoms with Gasteiger partial charge in [0.25, 0.3) is 0 Å². The van der Waals surface area contributed by atoms with Gasteiger partial charge in [-0.25, -0.2) is 0 Å². The Morgan fingerprint density at radius 3 is 2.04 bits per heavy atom. The van der Waals surface area contributed by atoms with Crippen LogP contribution in [0.2, 0.25) is 0 Å². The highest BCUT2D eigenvalue weighted by atomic mass is 16.5. The molecule has 1 amide bonds. The Labute approximate surface area is 162 Å². The van der Waals surface area contributed by atoms with Gasteiger partial charge in [-0.05, 0) is 63.4 Å². The summed E-state index contributed by atoms with van der Waals surface area (Å²) in [5, 5.41) is 3.26. The van der Waals surface area contributed by atoms with Crippen LogP contribution in [0.25, 0.3) is 0 Å². The quantitative estimate of drug-likeness (QED) is 0.791. The van der Waals surface area contributed by atoms with Crippen LogP contribution in [-0.2, 0) is 4.79 Å². The van der Waals surface area contributed by atoms with Crippen LogP contribution in [0, 0.1) is 0 Å². The number of ether oxygens (including phenoxy) is 3. The predicted octanol–water partition coefficient (Wildman–Crippen LogP) is 3.30. The molecule has 1 unspecified atom stereocenters. The molecule has 1 atom stereocenters. The molecule has 6 heteroatoms. The van der Waals surface area contributed by atoms with Gasteiger partial charge in [0.2, 0.25) is 11.7 Å². The van der Waals surface area contributed by atoms with Crippen molar-refractivity contribution in [2.45, 2.75) is 57.0 Å². The van der Waals surface area contributed by atoms with Gasteiger partial charge in [0.05, 0.1) is 27.4 Å². The average Bonchev–Trinajstić information content (AvgIpc) is 3.38. The summed E-state index contributed by atoms with van der Waals surface area (Å²) in [5.74, 6) is 1.92. The second kappa shape index (κ2) is 8.38. The van der Waals surface area contributed by atoms with Crippen molar-refractivity contribution in [1.82, 2.24) is 10.2 Å². The molecule has 3 rings (SSSR count). The Bertz CT molecular complexity index is 639. The van der Waals surface area contributed by atoms with Crippen molar-refractivity contribution in [3.63, 3.8) is 0 Å². The zero-order valence-electron chi connectivity index (χ0n) is 17.0. The third-order valence-electron chi connectivity index (χ3n) is 6.10. The van der Waals surface area contributed by atoms with E-state index in [1.165, 1.54) is 12.8 Å². The van der Waals surface area contributed by atoms with E-state index in [2.05, 4.69) is 10.2 Å². The van der Waals surface area contributed by atoms with Crippen LogP contribution in [0.4, 0.5) is 0 Å². The van der Waals surface area contributed by atoms with E-state index in [0.29, 0.717) is 17.2 Å². The van der Waals surface area contributed by atoms with E-state index < -0.39 is 0 Å². The molecule has 150 valence electrons. The summed E-state index contributed by atoms with van der Waals surface area (Å²) in [7, 11) is 4.79. The van der Waals surface area contributed by atoms with Gasteiger partial charge in [-0.2, -0.15) is 0 Å².